The van der Waals surface area contributed by atoms with Gasteiger partial charge in [0.25, 0.3) is 5.91 Å². The number of ether oxygens (including phenoxy) is 1. The number of H-pyrrole nitrogens is 1. The highest BCUT2D eigenvalue weighted by Crippen LogP contribution is 2.30. The maximum absolute atomic E-state index is 12.8. The van der Waals surface area contributed by atoms with Crippen molar-refractivity contribution in [2.45, 2.75) is 32.2 Å². The fraction of sp³-hybridized carbons (Fsp3) is 0.400. The number of piperidine rings is 1. The van der Waals surface area contributed by atoms with E-state index in [1.54, 1.807) is 4.68 Å². The first-order valence-electron chi connectivity index (χ1n) is 9.52. The topological polar surface area (TPSA) is 88.9 Å². The molecule has 0 aliphatic carbocycles. The third-order valence-corrected chi connectivity index (χ3v) is 4.98. The lowest BCUT2D eigenvalue weighted by Gasteiger charge is -2.34. The smallest absolute Gasteiger partial charge is 0.261 e. The summed E-state index contributed by atoms with van der Waals surface area (Å²) in [5.41, 5.74) is 1.76. The van der Waals surface area contributed by atoms with E-state index in [1.807, 2.05) is 55.3 Å². The van der Waals surface area contributed by atoms with Gasteiger partial charge in [-0.15, -0.1) is 0 Å². The number of para-hydroxylation sites is 1. The Hall–Kier alpha value is -3.16. The summed E-state index contributed by atoms with van der Waals surface area (Å²) >= 11 is 0. The molecule has 0 radical (unpaired) electrons. The van der Waals surface area contributed by atoms with Crippen LogP contribution in [0, 0.1) is 6.92 Å². The molecule has 1 saturated heterocycles. The first kappa shape index (κ1) is 18.2. The van der Waals surface area contributed by atoms with E-state index < -0.39 is 0 Å². The van der Waals surface area contributed by atoms with Crippen LogP contribution in [-0.4, -0.2) is 48.9 Å². The number of aromatic nitrogens is 5. The molecule has 146 valence electrons. The number of hydrogen-bond acceptors (Lipinski definition) is 5. The lowest BCUT2D eigenvalue weighted by atomic mass is 10.0. The van der Waals surface area contributed by atoms with E-state index in [0.29, 0.717) is 23.9 Å². The zero-order chi connectivity index (χ0) is 19.5. The van der Waals surface area contributed by atoms with Gasteiger partial charge in [-0.2, -0.15) is 10.2 Å². The molecule has 0 bridgehead atoms. The van der Waals surface area contributed by atoms with Gasteiger partial charge < -0.3 is 9.64 Å². The highest BCUT2D eigenvalue weighted by Gasteiger charge is 2.31. The van der Waals surface area contributed by atoms with Crippen LogP contribution in [0.4, 0.5) is 0 Å². The van der Waals surface area contributed by atoms with E-state index in [2.05, 4.69) is 20.3 Å². The monoisotopic (exact) mass is 380 g/mol. The van der Waals surface area contributed by atoms with Gasteiger partial charge in [0.05, 0.1) is 11.7 Å². The van der Waals surface area contributed by atoms with Crippen molar-refractivity contribution < 1.29 is 9.53 Å². The number of rotatable bonds is 5. The van der Waals surface area contributed by atoms with Crippen molar-refractivity contribution in [2.24, 2.45) is 7.05 Å². The van der Waals surface area contributed by atoms with Gasteiger partial charge >= 0.3 is 0 Å². The van der Waals surface area contributed by atoms with Crippen LogP contribution in [0.5, 0.6) is 5.75 Å². The molecule has 2 aromatic heterocycles. The SMILES string of the molecule is Cc1cc(-c2n[nH]c([C@H]3CCCCN3C(=O)COc3ccccc3)n2)n(C)n1. The molecule has 1 atom stereocenters. The number of carbonyl (C=O) groups is 1. The number of nitrogens with zero attached hydrogens (tertiary/aromatic N) is 5. The molecule has 8 nitrogen and oxygen atoms in total. The lowest BCUT2D eigenvalue weighted by Crippen LogP contribution is -2.41. The number of nitrogens with one attached hydrogen (secondary N) is 1. The molecule has 3 heterocycles. The minimum absolute atomic E-state index is 0.0163. The number of aromatic amines is 1. The summed E-state index contributed by atoms with van der Waals surface area (Å²) in [6, 6.07) is 11.2. The van der Waals surface area contributed by atoms with Crippen LogP contribution >= 0.6 is 0 Å². The van der Waals surface area contributed by atoms with E-state index in [0.717, 1.165) is 30.7 Å². The Morgan fingerprint density at radius 2 is 2.11 bits per heavy atom. The van der Waals surface area contributed by atoms with Crippen molar-refractivity contribution in [3.05, 3.63) is 47.9 Å². The Morgan fingerprint density at radius 3 is 2.86 bits per heavy atom. The lowest BCUT2D eigenvalue weighted by molar-refractivity contribution is -0.137. The van der Waals surface area contributed by atoms with Gasteiger partial charge in [-0.05, 0) is 44.4 Å². The largest absolute Gasteiger partial charge is 0.484 e. The van der Waals surface area contributed by atoms with Crippen molar-refractivity contribution in [1.82, 2.24) is 29.9 Å². The van der Waals surface area contributed by atoms with Gasteiger partial charge in [0.15, 0.2) is 12.4 Å². The molecule has 3 aromatic rings. The molecule has 0 unspecified atom stereocenters. The number of carbonyl (C=O) groups excluding carboxylic acids is 1. The Kier molecular flexibility index (Phi) is 5.10. The van der Waals surface area contributed by atoms with Crippen LogP contribution in [0.3, 0.4) is 0 Å². The number of hydrogen-bond donors (Lipinski definition) is 1. The molecular formula is C20H24N6O2. The van der Waals surface area contributed by atoms with E-state index in [1.165, 1.54) is 0 Å². The first-order chi connectivity index (χ1) is 13.6. The van der Waals surface area contributed by atoms with Gasteiger partial charge in [0, 0.05) is 13.6 Å². The predicted molar refractivity (Wildman–Crippen MR) is 104 cm³/mol. The molecule has 0 spiro atoms. The summed E-state index contributed by atoms with van der Waals surface area (Å²) < 4.78 is 7.41. The third kappa shape index (κ3) is 3.76. The minimum Gasteiger partial charge on any atom is -0.484 e. The fourth-order valence-electron chi connectivity index (χ4n) is 3.62. The summed E-state index contributed by atoms with van der Waals surface area (Å²) in [4.78, 5) is 19.3. The molecule has 4 rings (SSSR count). The second-order valence-electron chi connectivity index (χ2n) is 7.04. The fourth-order valence-corrected chi connectivity index (χ4v) is 3.62. The summed E-state index contributed by atoms with van der Waals surface area (Å²) in [6.07, 6.45) is 2.89. The molecule has 1 fully saturated rings. The third-order valence-electron chi connectivity index (χ3n) is 4.98. The second-order valence-corrected chi connectivity index (χ2v) is 7.04. The maximum atomic E-state index is 12.8. The van der Waals surface area contributed by atoms with Crippen LogP contribution in [0.1, 0.15) is 36.8 Å². The van der Waals surface area contributed by atoms with Crippen LogP contribution in [0.2, 0.25) is 0 Å². The second kappa shape index (κ2) is 7.84. The van der Waals surface area contributed by atoms with E-state index in [9.17, 15) is 4.79 Å². The molecule has 1 aliphatic heterocycles. The minimum atomic E-state index is -0.115. The Bertz CT molecular complexity index is 949. The average molecular weight is 380 g/mol. The van der Waals surface area contributed by atoms with E-state index in [4.69, 9.17) is 4.74 Å². The summed E-state index contributed by atoms with van der Waals surface area (Å²) in [5.74, 6) is 1.96. The summed E-state index contributed by atoms with van der Waals surface area (Å²) in [6.45, 7) is 2.65. The van der Waals surface area contributed by atoms with E-state index in [-0.39, 0.29) is 18.6 Å². The molecular weight excluding hydrogens is 356 g/mol. The van der Waals surface area contributed by atoms with Crippen LogP contribution in [-0.2, 0) is 11.8 Å². The first-order valence-corrected chi connectivity index (χ1v) is 9.52. The van der Waals surface area contributed by atoms with Gasteiger partial charge in [-0.1, -0.05) is 18.2 Å². The van der Waals surface area contributed by atoms with Gasteiger partial charge in [-0.3, -0.25) is 14.6 Å². The molecule has 8 heteroatoms. The Labute approximate surface area is 163 Å². The van der Waals surface area contributed by atoms with Gasteiger partial charge in [0.1, 0.15) is 17.3 Å². The number of aryl methyl sites for hydroxylation is 2. The average Bonchev–Trinajstić information content (AvgIpc) is 3.33. The van der Waals surface area contributed by atoms with Crippen LogP contribution in [0.25, 0.3) is 11.5 Å². The number of amides is 1. The normalized spacial score (nSPS) is 16.9. The number of likely N-dealkylation sites (tertiary alicyclic amines) is 1. The summed E-state index contributed by atoms with van der Waals surface area (Å²) in [7, 11) is 1.87. The maximum Gasteiger partial charge on any atom is 0.261 e. The summed E-state index contributed by atoms with van der Waals surface area (Å²) in [5, 5.41) is 11.7. The molecule has 0 saturated carbocycles. The highest BCUT2D eigenvalue weighted by atomic mass is 16.5. The molecule has 28 heavy (non-hydrogen) atoms. The standard InChI is InChI=1S/C20H24N6O2/c1-14-12-17(25(2)24-14)20-21-19(22-23-20)16-10-6-7-11-26(16)18(27)13-28-15-8-4-3-5-9-15/h3-5,8-9,12,16H,6-7,10-11,13H2,1-2H3,(H,21,22,23)/t16-/m1/s1. The molecule has 1 aliphatic rings. The van der Waals surface area contributed by atoms with Crippen molar-refractivity contribution in [3.8, 4) is 17.3 Å². The van der Waals surface area contributed by atoms with Gasteiger partial charge in [0.2, 0.25) is 0 Å². The Morgan fingerprint density at radius 1 is 1.29 bits per heavy atom. The van der Waals surface area contributed by atoms with Crippen molar-refractivity contribution in [2.75, 3.05) is 13.2 Å². The van der Waals surface area contributed by atoms with Crippen molar-refractivity contribution in [3.63, 3.8) is 0 Å². The quantitative estimate of drug-likeness (QED) is 0.735. The number of benzene rings is 1. The van der Waals surface area contributed by atoms with Gasteiger partial charge in [-0.25, -0.2) is 4.98 Å². The molecule has 1 N–H and O–H groups in total. The zero-order valence-electron chi connectivity index (χ0n) is 16.1. The predicted octanol–water partition coefficient (Wildman–Crippen LogP) is 2.65. The molecule has 1 aromatic carbocycles. The Balaban J connectivity index is 1.49. The van der Waals surface area contributed by atoms with Crippen molar-refractivity contribution in [1.29, 1.82) is 0 Å². The van der Waals surface area contributed by atoms with E-state index >= 15 is 0 Å². The van der Waals surface area contributed by atoms with Crippen LogP contribution in [0.15, 0.2) is 36.4 Å². The molecule has 1 amide bonds. The van der Waals surface area contributed by atoms with Crippen molar-refractivity contribution >= 4 is 5.91 Å². The highest BCUT2D eigenvalue weighted by molar-refractivity contribution is 5.78. The zero-order valence-corrected chi connectivity index (χ0v) is 16.1. The van der Waals surface area contributed by atoms with Crippen LogP contribution < -0.4 is 4.74 Å².